The lowest BCUT2D eigenvalue weighted by molar-refractivity contribution is 0.0926. The number of rotatable bonds is 8. The third-order valence-corrected chi connectivity index (χ3v) is 3.39. The first-order valence-electron chi connectivity index (χ1n) is 7.05. The van der Waals surface area contributed by atoms with Crippen LogP contribution in [-0.4, -0.2) is 38.4 Å². The minimum absolute atomic E-state index is 0.0758. The molecule has 2 N–H and O–H groups in total. The van der Waals surface area contributed by atoms with Gasteiger partial charge in [0.05, 0.1) is 14.2 Å². The maximum absolute atomic E-state index is 12.4. The van der Waals surface area contributed by atoms with Crippen molar-refractivity contribution < 1.29 is 19.4 Å². The Morgan fingerprint density at radius 3 is 2.29 bits per heavy atom. The number of amides is 1. The van der Waals surface area contributed by atoms with Crippen molar-refractivity contribution in [2.75, 3.05) is 27.4 Å². The van der Waals surface area contributed by atoms with Gasteiger partial charge in [0.15, 0.2) is 0 Å². The van der Waals surface area contributed by atoms with Crippen molar-refractivity contribution in [1.82, 2.24) is 5.32 Å². The smallest absolute Gasteiger partial charge is 0.258 e. The molecule has 0 saturated carbocycles. The number of hydrogen-bond acceptors (Lipinski definition) is 4. The highest BCUT2D eigenvalue weighted by molar-refractivity contribution is 5.99. The number of aliphatic hydroxyl groups is 1. The van der Waals surface area contributed by atoms with Gasteiger partial charge in [-0.25, -0.2) is 0 Å². The van der Waals surface area contributed by atoms with E-state index in [0.29, 0.717) is 23.6 Å². The van der Waals surface area contributed by atoms with Gasteiger partial charge >= 0.3 is 0 Å². The fraction of sp³-hybridized carbons (Fsp3) is 0.562. The molecule has 1 aromatic carbocycles. The summed E-state index contributed by atoms with van der Waals surface area (Å²) in [5, 5.41) is 11.8. The Kier molecular flexibility index (Phi) is 6.49. The molecule has 0 spiro atoms. The highest BCUT2D eigenvalue weighted by Crippen LogP contribution is 2.28. The third kappa shape index (κ3) is 4.93. The van der Waals surface area contributed by atoms with Crippen LogP contribution in [0.15, 0.2) is 18.2 Å². The molecule has 0 aliphatic carbocycles. The average Bonchev–Trinajstić information content (AvgIpc) is 2.49. The standard InChI is InChI=1S/C16H25NO4/c1-16(2,9-6-10-18)11-17-15(19)14-12(20-3)7-5-8-13(14)21-4/h5,7-8,18H,6,9-11H2,1-4H3,(H,17,19). The largest absolute Gasteiger partial charge is 0.496 e. The van der Waals surface area contributed by atoms with Gasteiger partial charge in [0.2, 0.25) is 0 Å². The number of aliphatic hydroxyl groups excluding tert-OH is 1. The lowest BCUT2D eigenvalue weighted by Gasteiger charge is -2.25. The van der Waals surface area contributed by atoms with Crippen molar-refractivity contribution in [2.24, 2.45) is 5.41 Å². The minimum Gasteiger partial charge on any atom is -0.496 e. The summed E-state index contributed by atoms with van der Waals surface area (Å²) in [7, 11) is 3.05. The van der Waals surface area contributed by atoms with Crippen LogP contribution in [0.2, 0.25) is 0 Å². The molecule has 5 heteroatoms. The Balaban J connectivity index is 2.80. The first-order chi connectivity index (χ1) is 9.95. The Morgan fingerprint density at radius 1 is 1.24 bits per heavy atom. The van der Waals surface area contributed by atoms with E-state index in [9.17, 15) is 4.79 Å². The molecule has 0 unspecified atom stereocenters. The molecule has 0 aliphatic heterocycles. The Bertz CT molecular complexity index is 449. The highest BCUT2D eigenvalue weighted by Gasteiger charge is 2.22. The van der Waals surface area contributed by atoms with Crippen molar-refractivity contribution in [2.45, 2.75) is 26.7 Å². The summed E-state index contributed by atoms with van der Waals surface area (Å²) in [5.41, 5.74) is 0.327. The molecule has 1 rings (SSSR count). The quantitative estimate of drug-likeness (QED) is 0.772. The number of methoxy groups -OCH3 is 2. The van der Waals surface area contributed by atoms with Crippen molar-refractivity contribution in [3.63, 3.8) is 0 Å². The predicted molar refractivity (Wildman–Crippen MR) is 82.0 cm³/mol. The topological polar surface area (TPSA) is 67.8 Å². The van der Waals surface area contributed by atoms with Gasteiger partial charge in [0, 0.05) is 13.2 Å². The third-order valence-electron chi connectivity index (χ3n) is 3.39. The van der Waals surface area contributed by atoms with Gasteiger partial charge in [-0.15, -0.1) is 0 Å². The summed E-state index contributed by atoms with van der Waals surface area (Å²) >= 11 is 0. The molecule has 0 aromatic heterocycles. The second-order valence-corrected chi connectivity index (χ2v) is 5.71. The van der Waals surface area contributed by atoms with E-state index >= 15 is 0 Å². The normalized spacial score (nSPS) is 11.1. The molecule has 0 radical (unpaired) electrons. The molecule has 1 amide bonds. The number of hydrogen-bond donors (Lipinski definition) is 2. The molecule has 0 atom stereocenters. The van der Waals surface area contributed by atoms with Crippen LogP contribution in [0.4, 0.5) is 0 Å². The van der Waals surface area contributed by atoms with Gasteiger partial charge in [-0.3, -0.25) is 4.79 Å². The van der Waals surface area contributed by atoms with Crippen molar-refractivity contribution >= 4 is 5.91 Å². The fourth-order valence-electron chi connectivity index (χ4n) is 2.13. The zero-order valence-corrected chi connectivity index (χ0v) is 13.2. The lowest BCUT2D eigenvalue weighted by atomic mass is 9.88. The molecule has 0 heterocycles. The van der Waals surface area contributed by atoms with Gasteiger partial charge in [-0.05, 0) is 30.4 Å². The van der Waals surface area contributed by atoms with E-state index in [1.54, 1.807) is 18.2 Å². The highest BCUT2D eigenvalue weighted by atomic mass is 16.5. The maximum atomic E-state index is 12.4. The van der Waals surface area contributed by atoms with Crippen LogP contribution in [0.3, 0.4) is 0 Å². The van der Waals surface area contributed by atoms with Crippen LogP contribution in [-0.2, 0) is 0 Å². The second-order valence-electron chi connectivity index (χ2n) is 5.71. The Labute approximate surface area is 126 Å². The summed E-state index contributed by atoms with van der Waals surface area (Å²) in [6.07, 6.45) is 1.56. The van der Waals surface area contributed by atoms with E-state index in [4.69, 9.17) is 14.6 Å². The lowest BCUT2D eigenvalue weighted by Crippen LogP contribution is -2.34. The van der Waals surface area contributed by atoms with Gasteiger partial charge in [-0.1, -0.05) is 19.9 Å². The zero-order chi connectivity index (χ0) is 15.9. The molecule has 0 saturated heterocycles. The van der Waals surface area contributed by atoms with Crippen LogP contribution in [0, 0.1) is 5.41 Å². The average molecular weight is 295 g/mol. The van der Waals surface area contributed by atoms with Crippen LogP contribution >= 0.6 is 0 Å². The van der Waals surface area contributed by atoms with Gasteiger partial charge in [0.25, 0.3) is 5.91 Å². The van der Waals surface area contributed by atoms with E-state index in [1.165, 1.54) is 14.2 Å². The second kappa shape index (κ2) is 7.88. The number of nitrogens with one attached hydrogen (secondary N) is 1. The van der Waals surface area contributed by atoms with Crippen LogP contribution in [0.5, 0.6) is 11.5 Å². The minimum atomic E-state index is -0.221. The van der Waals surface area contributed by atoms with Gasteiger partial charge in [0.1, 0.15) is 17.1 Å². The van der Waals surface area contributed by atoms with Crippen molar-refractivity contribution in [1.29, 1.82) is 0 Å². The summed E-state index contributed by atoms with van der Waals surface area (Å²) in [5.74, 6) is 0.751. The van der Waals surface area contributed by atoms with E-state index in [0.717, 1.165) is 12.8 Å². The van der Waals surface area contributed by atoms with Crippen molar-refractivity contribution in [3.05, 3.63) is 23.8 Å². The summed E-state index contributed by atoms with van der Waals surface area (Å²) < 4.78 is 10.5. The number of benzene rings is 1. The first-order valence-corrected chi connectivity index (χ1v) is 7.05. The van der Waals surface area contributed by atoms with Crippen LogP contribution in [0.1, 0.15) is 37.0 Å². The zero-order valence-electron chi connectivity index (χ0n) is 13.2. The molecule has 5 nitrogen and oxygen atoms in total. The number of carbonyl (C=O) groups excluding carboxylic acids is 1. The first kappa shape index (κ1) is 17.3. The number of ether oxygens (including phenoxy) is 2. The van der Waals surface area contributed by atoms with E-state index in [1.807, 2.05) is 0 Å². The summed E-state index contributed by atoms with van der Waals surface area (Å²) in [4.78, 5) is 12.4. The van der Waals surface area contributed by atoms with Crippen LogP contribution in [0.25, 0.3) is 0 Å². The Morgan fingerprint density at radius 2 is 1.81 bits per heavy atom. The molecular formula is C16H25NO4. The molecule has 21 heavy (non-hydrogen) atoms. The van der Waals surface area contributed by atoms with E-state index in [-0.39, 0.29) is 17.9 Å². The molecule has 0 fully saturated rings. The molecule has 1 aromatic rings. The van der Waals surface area contributed by atoms with Crippen molar-refractivity contribution in [3.8, 4) is 11.5 Å². The van der Waals surface area contributed by atoms with Gasteiger partial charge < -0.3 is 19.9 Å². The molecule has 0 aliphatic rings. The van der Waals surface area contributed by atoms with E-state index < -0.39 is 0 Å². The maximum Gasteiger partial charge on any atom is 0.258 e. The summed E-state index contributed by atoms with van der Waals surface area (Å²) in [6, 6.07) is 5.24. The molecular weight excluding hydrogens is 270 g/mol. The SMILES string of the molecule is COc1cccc(OC)c1C(=O)NCC(C)(C)CCCO. The molecule has 0 bridgehead atoms. The van der Waals surface area contributed by atoms with Crippen LogP contribution < -0.4 is 14.8 Å². The number of carbonyl (C=O) groups is 1. The summed E-state index contributed by atoms with van der Waals surface area (Å²) in [6.45, 7) is 4.80. The molecule has 118 valence electrons. The Hall–Kier alpha value is -1.75. The van der Waals surface area contributed by atoms with E-state index in [2.05, 4.69) is 19.2 Å². The monoisotopic (exact) mass is 295 g/mol. The van der Waals surface area contributed by atoms with Gasteiger partial charge in [-0.2, -0.15) is 0 Å². The fourth-order valence-corrected chi connectivity index (χ4v) is 2.13. The predicted octanol–water partition coefficient (Wildman–Crippen LogP) is 2.23.